The molecular formula is C16H24N2O2S. The number of amides is 1. The number of aliphatic hydroxyl groups excluding tert-OH is 1. The number of anilines is 2. The van der Waals surface area contributed by atoms with Gasteiger partial charge in [0.1, 0.15) is 0 Å². The molecule has 2 rings (SSSR count). The molecule has 1 aromatic carbocycles. The summed E-state index contributed by atoms with van der Waals surface area (Å²) < 4.78 is 0. The van der Waals surface area contributed by atoms with E-state index in [4.69, 9.17) is 0 Å². The van der Waals surface area contributed by atoms with Crippen LogP contribution in [0.2, 0.25) is 0 Å². The Morgan fingerprint density at radius 3 is 2.48 bits per heavy atom. The Balaban J connectivity index is 1.88. The van der Waals surface area contributed by atoms with Crippen LogP contribution in [0.15, 0.2) is 24.3 Å². The lowest BCUT2D eigenvalue weighted by Crippen LogP contribution is -2.32. The summed E-state index contributed by atoms with van der Waals surface area (Å²) in [6.45, 7) is 5.97. The van der Waals surface area contributed by atoms with Crippen LogP contribution in [0.5, 0.6) is 0 Å². The summed E-state index contributed by atoms with van der Waals surface area (Å²) in [5, 5.41) is 12.6. The van der Waals surface area contributed by atoms with Crippen LogP contribution in [0.1, 0.15) is 20.3 Å². The fourth-order valence-corrected chi connectivity index (χ4v) is 3.12. The van der Waals surface area contributed by atoms with Gasteiger partial charge in [-0.2, -0.15) is 11.8 Å². The van der Waals surface area contributed by atoms with E-state index >= 15 is 0 Å². The van der Waals surface area contributed by atoms with Gasteiger partial charge in [-0.3, -0.25) is 4.79 Å². The third kappa shape index (κ3) is 4.93. The van der Waals surface area contributed by atoms with Crippen LogP contribution in [0.4, 0.5) is 11.4 Å². The van der Waals surface area contributed by atoms with E-state index in [1.165, 1.54) is 17.2 Å². The van der Waals surface area contributed by atoms with E-state index in [2.05, 4.69) is 10.2 Å². The monoisotopic (exact) mass is 308 g/mol. The summed E-state index contributed by atoms with van der Waals surface area (Å²) in [6.07, 6.45) is -0.446. The molecule has 5 heteroatoms. The fraction of sp³-hybridized carbons (Fsp3) is 0.562. The van der Waals surface area contributed by atoms with Gasteiger partial charge in [-0.15, -0.1) is 0 Å². The molecule has 4 nitrogen and oxygen atoms in total. The Bertz CT molecular complexity index is 456. The number of carbonyl (C=O) groups excluding carboxylic acids is 1. The molecule has 1 fully saturated rings. The molecular weight excluding hydrogens is 284 g/mol. The zero-order chi connectivity index (χ0) is 15.2. The fourth-order valence-electron chi connectivity index (χ4n) is 2.21. The average Bonchev–Trinajstić information content (AvgIpc) is 2.48. The Labute approximate surface area is 130 Å². The van der Waals surface area contributed by atoms with Crippen molar-refractivity contribution in [3.05, 3.63) is 24.3 Å². The van der Waals surface area contributed by atoms with E-state index < -0.39 is 6.10 Å². The van der Waals surface area contributed by atoms with Crippen LogP contribution in [0.3, 0.4) is 0 Å². The van der Waals surface area contributed by atoms with Crippen molar-refractivity contribution in [3.63, 3.8) is 0 Å². The normalized spacial score (nSPS) is 16.9. The lowest BCUT2D eigenvalue weighted by Gasteiger charge is -2.28. The number of benzene rings is 1. The van der Waals surface area contributed by atoms with Gasteiger partial charge in [0.05, 0.1) is 12.5 Å². The van der Waals surface area contributed by atoms with Gasteiger partial charge in [-0.1, -0.05) is 13.8 Å². The Hall–Kier alpha value is -1.20. The smallest absolute Gasteiger partial charge is 0.226 e. The average molecular weight is 308 g/mol. The molecule has 0 aromatic heterocycles. The van der Waals surface area contributed by atoms with Crippen LogP contribution in [0.25, 0.3) is 0 Å². The standard InChI is InChI=1S/C16H24N2O2S/c1-12(2)15(19)11-16(20)17-13-3-5-14(6-4-13)18-7-9-21-10-8-18/h3-6,12,15,19H,7-11H2,1-2H3,(H,17,20). The quantitative estimate of drug-likeness (QED) is 0.878. The highest BCUT2D eigenvalue weighted by atomic mass is 32.2. The topological polar surface area (TPSA) is 52.6 Å². The van der Waals surface area contributed by atoms with Crippen LogP contribution in [-0.2, 0) is 4.79 Å². The van der Waals surface area contributed by atoms with Crippen molar-refractivity contribution >= 4 is 29.0 Å². The predicted molar refractivity (Wildman–Crippen MR) is 90.1 cm³/mol. The van der Waals surface area contributed by atoms with Crippen molar-refractivity contribution in [2.45, 2.75) is 26.4 Å². The molecule has 1 amide bonds. The summed E-state index contributed by atoms with van der Waals surface area (Å²) in [5.41, 5.74) is 1.99. The lowest BCUT2D eigenvalue weighted by atomic mass is 10.0. The summed E-state index contributed by atoms with van der Waals surface area (Å²) in [4.78, 5) is 14.2. The highest BCUT2D eigenvalue weighted by Gasteiger charge is 2.15. The highest BCUT2D eigenvalue weighted by Crippen LogP contribution is 2.21. The van der Waals surface area contributed by atoms with Gasteiger partial charge in [0.15, 0.2) is 0 Å². The zero-order valence-electron chi connectivity index (χ0n) is 12.7. The van der Waals surface area contributed by atoms with E-state index in [-0.39, 0.29) is 18.2 Å². The molecule has 0 spiro atoms. The van der Waals surface area contributed by atoms with Crippen molar-refractivity contribution in [2.75, 3.05) is 34.8 Å². The van der Waals surface area contributed by atoms with Crippen LogP contribution in [0, 0.1) is 5.92 Å². The molecule has 1 saturated heterocycles. The van der Waals surface area contributed by atoms with Crippen molar-refractivity contribution in [1.29, 1.82) is 0 Å². The number of rotatable bonds is 5. The molecule has 1 atom stereocenters. The SMILES string of the molecule is CC(C)C(O)CC(=O)Nc1ccc(N2CCSCC2)cc1. The zero-order valence-corrected chi connectivity index (χ0v) is 13.5. The van der Waals surface area contributed by atoms with Gasteiger partial charge < -0.3 is 15.3 Å². The minimum Gasteiger partial charge on any atom is -0.392 e. The van der Waals surface area contributed by atoms with Gasteiger partial charge in [-0.25, -0.2) is 0 Å². The second kappa shape index (κ2) is 7.71. The molecule has 1 aromatic rings. The number of nitrogens with zero attached hydrogens (tertiary/aromatic N) is 1. The lowest BCUT2D eigenvalue weighted by molar-refractivity contribution is -0.118. The first-order valence-corrected chi connectivity index (χ1v) is 8.62. The molecule has 1 heterocycles. The van der Waals surface area contributed by atoms with Gasteiger partial charge >= 0.3 is 0 Å². The minimum atomic E-state index is -0.588. The number of hydrogen-bond donors (Lipinski definition) is 2. The second-order valence-electron chi connectivity index (χ2n) is 5.71. The van der Waals surface area contributed by atoms with Crippen LogP contribution in [-0.4, -0.2) is 41.7 Å². The van der Waals surface area contributed by atoms with Gasteiger partial charge in [0.25, 0.3) is 0 Å². The first-order chi connectivity index (χ1) is 10.1. The highest BCUT2D eigenvalue weighted by molar-refractivity contribution is 7.99. The minimum absolute atomic E-state index is 0.0927. The number of thioether (sulfide) groups is 1. The van der Waals surface area contributed by atoms with Crippen molar-refractivity contribution in [1.82, 2.24) is 0 Å². The van der Waals surface area contributed by atoms with Crippen molar-refractivity contribution in [3.8, 4) is 0 Å². The van der Waals surface area contributed by atoms with Gasteiger partial charge in [0.2, 0.25) is 5.91 Å². The molecule has 116 valence electrons. The number of nitrogens with one attached hydrogen (secondary N) is 1. The molecule has 0 aliphatic carbocycles. The van der Waals surface area contributed by atoms with Gasteiger partial charge in [0, 0.05) is 36.0 Å². The van der Waals surface area contributed by atoms with Crippen molar-refractivity contribution in [2.24, 2.45) is 5.92 Å². The van der Waals surface area contributed by atoms with Crippen LogP contribution < -0.4 is 10.2 Å². The second-order valence-corrected chi connectivity index (χ2v) is 6.93. The number of carbonyl (C=O) groups is 1. The summed E-state index contributed by atoms with van der Waals surface area (Å²) in [5.74, 6) is 2.30. The maximum Gasteiger partial charge on any atom is 0.226 e. The third-order valence-corrected chi connectivity index (χ3v) is 4.63. The molecule has 21 heavy (non-hydrogen) atoms. The molecule has 1 unspecified atom stereocenters. The largest absolute Gasteiger partial charge is 0.392 e. The van der Waals surface area contributed by atoms with E-state index in [1.54, 1.807) is 0 Å². The summed E-state index contributed by atoms with van der Waals surface area (Å²) >= 11 is 1.99. The Kier molecular flexibility index (Phi) is 5.94. The molecule has 1 aliphatic rings. The molecule has 0 bridgehead atoms. The molecule has 0 saturated carbocycles. The molecule has 2 N–H and O–H groups in total. The molecule has 0 radical (unpaired) electrons. The number of aliphatic hydroxyl groups is 1. The van der Waals surface area contributed by atoms with E-state index in [9.17, 15) is 9.90 Å². The van der Waals surface area contributed by atoms with Crippen molar-refractivity contribution < 1.29 is 9.90 Å². The summed E-state index contributed by atoms with van der Waals surface area (Å²) in [6, 6.07) is 7.95. The summed E-state index contributed by atoms with van der Waals surface area (Å²) in [7, 11) is 0. The third-order valence-electron chi connectivity index (χ3n) is 3.69. The van der Waals surface area contributed by atoms with E-state index in [0.717, 1.165) is 18.8 Å². The van der Waals surface area contributed by atoms with Crippen LogP contribution >= 0.6 is 11.8 Å². The molecule has 1 aliphatic heterocycles. The first kappa shape index (κ1) is 16.2. The van der Waals surface area contributed by atoms with E-state index in [0.29, 0.717) is 0 Å². The Morgan fingerprint density at radius 2 is 1.90 bits per heavy atom. The van der Waals surface area contributed by atoms with E-state index in [1.807, 2.05) is 49.9 Å². The predicted octanol–water partition coefficient (Wildman–Crippen LogP) is 2.59. The first-order valence-electron chi connectivity index (χ1n) is 7.47. The Morgan fingerprint density at radius 1 is 1.29 bits per heavy atom. The number of hydrogen-bond acceptors (Lipinski definition) is 4. The van der Waals surface area contributed by atoms with Gasteiger partial charge in [-0.05, 0) is 30.2 Å². The maximum atomic E-state index is 11.8. The maximum absolute atomic E-state index is 11.8.